The lowest BCUT2D eigenvalue weighted by molar-refractivity contribution is -0.137. The number of aromatic nitrogens is 1. The first-order valence-corrected chi connectivity index (χ1v) is 5.93. The van der Waals surface area contributed by atoms with E-state index in [1.807, 2.05) is 0 Å². The molecule has 1 aromatic carbocycles. The Kier molecular flexibility index (Phi) is 3.93. The molecule has 0 atom stereocenters. The molecule has 0 aliphatic heterocycles. The van der Waals surface area contributed by atoms with Crippen LogP contribution in [0.3, 0.4) is 0 Å². The van der Waals surface area contributed by atoms with E-state index in [2.05, 4.69) is 22.7 Å². The first-order chi connectivity index (χ1) is 9.38. The number of benzene rings is 1. The third-order valence-corrected chi connectivity index (χ3v) is 2.77. The van der Waals surface area contributed by atoms with Gasteiger partial charge in [-0.2, -0.15) is 13.2 Å². The molecule has 0 bridgehead atoms. The van der Waals surface area contributed by atoms with Crippen molar-refractivity contribution in [3.8, 4) is 0 Å². The Morgan fingerprint density at radius 2 is 2.10 bits per heavy atom. The van der Waals surface area contributed by atoms with E-state index in [-0.39, 0.29) is 10.6 Å². The fraction of sp³-hybridized carbons (Fsp3) is 0.167. The molecule has 1 aromatic heterocycles. The van der Waals surface area contributed by atoms with Gasteiger partial charge in [0.15, 0.2) is 5.76 Å². The van der Waals surface area contributed by atoms with E-state index in [9.17, 15) is 13.2 Å². The largest absolute Gasteiger partial charge is 0.417 e. The van der Waals surface area contributed by atoms with Crippen LogP contribution in [0.15, 0.2) is 35.0 Å². The van der Waals surface area contributed by atoms with Crippen molar-refractivity contribution >= 4 is 22.9 Å². The minimum Gasteiger partial charge on any atom is -0.389 e. The molecular weight excluding hydrogens is 291 g/mol. The van der Waals surface area contributed by atoms with Crippen molar-refractivity contribution < 1.29 is 17.7 Å². The summed E-state index contributed by atoms with van der Waals surface area (Å²) in [5.74, 6) is 0.557. The highest BCUT2D eigenvalue weighted by molar-refractivity contribution is 7.80. The van der Waals surface area contributed by atoms with Crippen LogP contribution >= 0.6 is 12.2 Å². The fourth-order valence-corrected chi connectivity index (χ4v) is 1.80. The Balaban J connectivity index is 2.24. The van der Waals surface area contributed by atoms with Gasteiger partial charge in [0, 0.05) is 17.3 Å². The molecule has 0 spiro atoms. The van der Waals surface area contributed by atoms with E-state index in [4.69, 9.17) is 10.3 Å². The van der Waals surface area contributed by atoms with Gasteiger partial charge in [-0.05, 0) is 18.2 Å². The number of alkyl halides is 3. The summed E-state index contributed by atoms with van der Waals surface area (Å²) < 4.78 is 43.2. The standard InChI is InChI=1S/C12H10F3N3OS/c13-12(14,15)10-2-1-7(5-9(10)11(16)20)17-6-8-3-4-18-19-8/h1-5,17H,6H2,(H2,16,20). The van der Waals surface area contributed by atoms with Crippen molar-refractivity contribution in [3.05, 3.63) is 47.3 Å². The number of hydrogen-bond donors (Lipinski definition) is 2. The van der Waals surface area contributed by atoms with Gasteiger partial charge in [-0.1, -0.05) is 17.4 Å². The van der Waals surface area contributed by atoms with Crippen molar-refractivity contribution in [2.24, 2.45) is 5.73 Å². The summed E-state index contributed by atoms with van der Waals surface area (Å²) in [6.45, 7) is 0.294. The Morgan fingerprint density at radius 3 is 2.65 bits per heavy atom. The van der Waals surface area contributed by atoms with Gasteiger partial charge in [0.25, 0.3) is 0 Å². The highest BCUT2D eigenvalue weighted by atomic mass is 32.1. The number of thiocarbonyl (C=S) groups is 1. The number of nitrogens with zero attached hydrogens (tertiary/aromatic N) is 1. The van der Waals surface area contributed by atoms with Gasteiger partial charge in [0.1, 0.15) is 4.99 Å². The minimum atomic E-state index is -4.50. The SMILES string of the molecule is NC(=S)c1cc(NCc2ccno2)ccc1C(F)(F)F. The van der Waals surface area contributed by atoms with Crippen LogP contribution in [0.25, 0.3) is 0 Å². The molecule has 0 fully saturated rings. The molecular formula is C12H10F3N3OS. The van der Waals surface area contributed by atoms with Gasteiger partial charge >= 0.3 is 6.18 Å². The Bertz CT molecular complexity index is 611. The lowest BCUT2D eigenvalue weighted by Crippen LogP contribution is -2.18. The second-order valence-corrected chi connectivity index (χ2v) is 4.39. The molecule has 8 heteroatoms. The second-order valence-electron chi connectivity index (χ2n) is 3.95. The molecule has 2 rings (SSSR count). The van der Waals surface area contributed by atoms with E-state index < -0.39 is 11.7 Å². The maximum atomic E-state index is 12.8. The molecule has 0 aliphatic carbocycles. The predicted octanol–water partition coefficient (Wildman–Crippen LogP) is 2.94. The molecule has 1 heterocycles. The van der Waals surface area contributed by atoms with Crippen molar-refractivity contribution in [1.29, 1.82) is 0 Å². The van der Waals surface area contributed by atoms with Crippen LogP contribution in [0.2, 0.25) is 0 Å². The predicted molar refractivity (Wildman–Crippen MR) is 71.2 cm³/mol. The Morgan fingerprint density at radius 1 is 1.35 bits per heavy atom. The van der Waals surface area contributed by atoms with Crippen molar-refractivity contribution in [1.82, 2.24) is 5.16 Å². The van der Waals surface area contributed by atoms with Crippen molar-refractivity contribution in [2.45, 2.75) is 12.7 Å². The number of rotatable bonds is 4. The Hall–Kier alpha value is -2.09. The second kappa shape index (κ2) is 5.49. The Labute approximate surface area is 117 Å². The van der Waals surface area contributed by atoms with Gasteiger partial charge in [0.05, 0.1) is 18.3 Å². The number of hydrogen-bond acceptors (Lipinski definition) is 4. The highest BCUT2D eigenvalue weighted by Crippen LogP contribution is 2.33. The van der Waals surface area contributed by atoms with Gasteiger partial charge in [-0.25, -0.2) is 0 Å². The number of halogens is 3. The lowest BCUT2D eigenvalue weighted by atomic mass is 10.1. The zero-order valence-electron chi connectivity index (χ0n) is 10.1. The molecule has 0 radical (unpaired) electrons. The molecule has 3 N–H and O–H groups in total. The quantitative estimate of drug-likeness (QED) is 0.850. The smallest absolute Gasteiger partial charge is 0.389 e. The minimum absolute atomic E-state index is 0.213. The van der Waals surface area contributed by atoms with Gasteiger partial charge in [0.2, 0.25) is 0 Å². The van der Waals surface area contributed by atoms with Crippen LogP contribution in [0.1, 0.15) is 16.9 Å². The summed E-state index contributed by atoms with van der Waals surface area (Å²) in [5, 5.41) is 6.43. The normalized spacial score (nSPS) is 11.3. The fourth-order valence-electron chi connectivity index (χ4n) is 1.63. The molecule has 0 saturated heterocycles. The van der Waals surface area contributed by atoms with E-state index in [1.165, 1.54) is 18.3 Å². The number of anilines is 1. The topological polar surface area (TPSA) is 64.1 Å². The summed E-state index contributed by atoms with van der Waals surface area (Å²) in [5.41, 5.74) is 4.74. The average molecular weight is 301 g/mol. The summed E-state index contributed by atoms with van der Waals surface area (Å²) >= 11 is 4.66. The maximum absolute atomic E-state index is 12.8. The van der Waals surface area contributed by atoms with Crippen LogP contribution in [0.5, 0.6) is 0 Å². The molecule has 106 valence electrons. The first-order valence-electron chi connectivity index (χ1n) is 5.52. The molecule has 4 nitrogen and oxygen atoms in total. The number of nitrogens with one attached hydrogen (secondary N) is 1. The van der Waals surface area contributed by atoms with E-state index in [1.54, 1.807) is 6.07 Å². The average Bonchev–Trinajstić information content (AvgIpc) is 2.88. The van der Waals surface area contributed by atoms with Gasteiger partial charge in [-0.3, -0.25) is 0 Å². The lowest BCUT2D eigenvalue weighted by Gasteiger charge is -2.14. The zero-order chi connectivity index (χ0) is 14.8. The molecule has 20 heavy (non-hydrogen) atoms. The van der Waals surface area contributed by atoms with Crippen LogP contribution in [0, 0.1) is 0 Å². The third kappa shape index (κ3) is 3.27. The first kappa shape index (κ1) is 14.3. The third-order valence-electron chi connectivity index (χ3n) is 2.55. The van der Waals surface area contributed by atoms with Crippen LogP contribution in [-0.2, 0) is 12.7 Å². The van der Waals surface area contributed by atoms with Crippen LogP contribution < -0.4 is 11.1 Å². The molecule has 2 aromatic rings. The zero-order valence-corrected chi connectivity index (χ0v) is 10.9. The van der Waals surface area contributed by atoms with Crippen molar-refractivity contribution in [2.75, 3.05) is 5.32 Å². The summed E-state index contributed by atoms with van der Waals surface area (Å²) in [6.07, 6.45) is -3.02. The van der Waals surface area contributed by atoms with E-state index in [0.29, 0.717) is 18.0 Å². The van der Waals surface area contributed by atoms with E-state index >= 15 is 0 Å². The van der Waals surface area contributed by atoms with E-state index in [0.717, 1.165) is 6.07 Å². The van der Waals surface area contributed by atoms with Crippen LogP contribution in [-0.4, -0.2) is 10.1 Å². The summed E-state index contributed by atoms with van der Waals surface area (Å²) in [7, 11) is 0. The molecule has 0 unspecified atom stereocenters. The molecule has 0 aliphatic rings. The highest BCUT2D eigenvalue weighted by Gasteiger charge is 2.34. The monoisotopic (exact) mass is 301 g/mol. The van der Waals surface area contributed by atoms with Crippen LogP contribution in [0.4, 0.5) is 18.9 Å². The van der Waals surface area contributed by atoms with Crippen molar-refractivity contribution in [3.63, 3.8) is 0 Å². The van der Waals surface area contributed by atoms with Gasteiger partial charge in [-0.15, -0.1) is 0 Å². The molecule has 0 amide bonds. The molecule has 0 saturated carbocycles. The van der Waals surface area contributed by atoms with Gasteiger partial charge < -0.3 is 15.6 Å². The summed E-state index contributed by atoms with van der Waals surface area (Å²) in [6, 6.07) is 5.16. The maximum Gasteiger partial charge on any atom is 0.417 e. The number of nitrogens with two attached hydrogens (primary N) is 1. The summed E-state index contributed by atoms with van der Waals surface area (Å²) in [4.78, 5) is -0.305.